The molecule has 108 valence electrons. The molecule has 2 aromatic rings. The highest BCUT2D eigenvalue weighted by molar-refractivity contribution is 5.60. The second kappa shape index (κ2) is 5.74. The van der Waals surface area contributed by atoms with Gasteiger partial charge in [-0.25, -0.2) is 0 Å². The first kappa shape index (κ1) is 13.3. The van der Waals surface area contributed by atoms with Crippen molar-refractivity contribution in [2.24, 2.45) is 0 Å². The number of aryl methyl sites for hydroxylation is 1. The number of morpholine rings is 1. The number of aromatic nitrogens is 3. The van der Waals surface area contributed by atoms with Crippen LogP contribution in [0.2, 0.25) is 0 Å². The Balaban J connectivity index is 1.97. The van der Waals surface area contributed by atoms with E-state index in [4.69, 9.17) is 14.4 Å². The zero-order valence-electron chi connectivity index (χ0n) is 11.4. The van der Waals surface area contributed by atoms with Crippen LogP contribution in [0.3, 0.4) is 0 Å². The van der Waals surface area contributed by atoms with Gasteiger partial charge >= 0.3 is 0 Å². The van der Waals surface area contributed by atoms with Gasteiger partial charge in [0.15, 0.2) is 5.76 Å². The maximum atomic E-state index is 9.06. The van der Waals surface area contributed by atoms with Crippen LogP contribution in [0.15, 0.2) is 16.8 Å². The Bertz CT molecular complexity index is 572. The van der Waals surface area contributed by atoms with Crippen LogP contribution in [0.25, 0.3) is 11.3 Å². The molecule has 0 saturated carbocycles. The lowest BCUT2D eigenvalue weighted by Crippen LogP contribution is -2.33. The zero-order valence-corrected chi connectivity index (χ0v) is 11.4. The maximum absolute atomic E-state index is 9.06. The molecule has 7 nitrogen and oxygen atoms in total. The Labute approximate surface area is 116 Å². The number of aliphatic hydroxyl groups excluding tert-OH is 1. The zero-order chi connectivity index (χ0) is 13.9. The van der Waals surface area contributed by atoms with Crippen molar-refractivity contribution in [1.29, 1.82) is 0 Å². The van der Waals surface area contributed by atoms with Gasteiger partial charge < -0.3 is 19.7 Å². The number of aliphatic hydroxyl groups is 1. The van der Waals surface area contributed by atoms with Gasteiger partial charge in [-0.1, -0.05) is 5.16 Å². The Kier molecular flexibility index (Phi) is 3.81. The standard InChI is InChI=1S/C13H18N4O3/c1-9-6-11(20-16-9)10-8-17(3-4-18)15-13(10)12-7-14-2-5-19-12/h6,8,12,14,18H,2-5,7H2,1H3. The molecule has 3 rings (SSSR count). The van der Waals surface area contributed by atoms with Crippen LogP contribution in [0, 0.1) is 6.92 Å². The van der Waals surface area contributed by atoms with Gasteiger partial charge in [-0.3, -0.25) is 4.68 Å². The van der Waals surface area contributed by atoms with Crippen LogP contribution >= 0.6 is 0 Å². The van der Waals surface area contributed by atoms with E-state index in [1.54, 1.807) is 4.68 Å². The van der Waals surface area contributed by atoms with E-state index < -0.39 is 0 Å². The molecule has 1 aliphatic heterocycles. The third-order valence-corrected chi connectivity index (χ3v) is 3.25. The minimum Gasteiger partial charge on any atom is -0.394 e. The molecule has 1 fully saturated rings. The average molecular weight is 278 g/mol. The summed E-state index contributed by atoms with van der Waals surface area (Å²) in [6.07, 6.45) is 1.76. The minimum atomic E-state index is -0.107. The topological polar surface area (TPSA) is 85.3 Å². The van der Waals surface area contributed by atoms with Gasteiger partial charge in [0.2, 0.25) is 0 Å². The molecule has 7 heteroatoms. The molecule has 2 N–H and O–H groups in total. The summed E-state index contributed by atoms with van der Waals surface area (Å²) in [6, 6.07) is 1.88. The van der Waals surface area contributed by atoms with E-state index >= 15 is 0 Å². The van der Waals surface area contributed by atoms with Crippen molar-refractivity contribution in [2.45, 2.75) is 19.6 Å². The fraction of sp³-hybridized carbons (Fsp3) is 0.538. The van der Waals surface area contributed by atoms with Crippen molar-refractivity contribution in [2.75, 3.05) is 26.3 Å². The number of nitrogens with zero attached hydrogens (tertiary/aromatic N) is 3. The first-order valence-electron chi connectivity index (χ1n) is 6.72. The fourth-order valence-electron chi connectivity index (χ4n) is 2.31. The Morgan fingerprint density at radius 1 is 1.55 bits per heavy atom. The number of nitrogens with one attached hydrogen (secondary N) is 1. The summed E-state index contributed by atoms with van der Waals surface area (Å²) >= 11 is 0. The van der Waals surface area contributed by atoms with E-state index in [1.807, 2.05) is 19.2 Å². The normalized spacial score (nSPS) is 19.4. The molecule has 0 bridgehead atoms. The first-order chi connectivity index (χ1) is 9.78. The van der Waals surface area contributed by atoms with Gasteiger partial charge in [-0.2, -0.15) is 5.10 Å². The quantitative estimate of drug-likeness (QED) is 0.847. The molecular weight excluding hydrogens is 260 g/mol. The lowest BCUT2D eigenvalue weighted by Gasteiger charge is -2.22. The maximum Gasteiger partial charge on any atom is 0.170 e. The van der Waals surface area contributed by atoms with Crippen LogP contribution in [0.1, 0.15) is 17.5 Å². The summed E-state index contributed by atoms with van der Waals surface area (Å²) in [5, 5.41) is 20.8. The molecule has 0 radical (unpaired) electrons. The summed E-state index contributed by atoms with van der Waals surface area (Å²) in [4.78, 5) is 0. The third-order valence-electron chi connectivity index (χ3n) is 3.25. The van der Waals surface area contributed by atoms with Crippen LogP contribution in [0.5, 0.6) is 0 Å². The highest BCUT2D eigenvalue weighted by atomic mass is 16.5. The van der Waals surface area contributed by atoms with E-state index in [0.717, 1.165) is 30.0 Å². The van der Waals surface area contributed by atoms with Crippen molar-refractivity contribution >= 4 is 0 Å². The average Bonchev–Trinajstić information content (AvgIpc) is 3.06. The predicted molar refractivity (Wildman–Crippen MR) is 71.1 cm³/mol. The monoisotopic (exact) mass is 278 g/mol. The number of hydrogen-bond acceptors (Lipinski definition) is 6. The highest BCUT2D eigenvalue weighted by Crippen LogP contribution is 2.30. The van der Waals surface area contributed by atoms with Crippen molar-refractivity contribution in [1.82, 2.24) is 20.3 Å². The Morgan fingerprint density at radius 2 is 2.45 bits per heavy atom. The van der Waals surface area contributed by atoms with Crippen LogP contribution in [-0.2, 0) is 11.3 Å². The van der Waals surface area contributed by atoms with Crippen LogP contribution in [-0.4, -0.2) is 46.3 Å². The minimum absolute atomic E-state index is 0.0414. The molecule has 3 heterocycles. The molecule has 0 amide bonds. The Morgan fingerprint density at radius 3 is 3.10 bits per heavy atom. The summed E-state index contributed by atoms with van der Waals surface area (Å²) < 4.78 is 12.8. The fourth-order valence-corrected chi connectivity index (χ4v) is 2.31. The van der Waals surface area contributed by atoms with Gasteiger partial charge in [0.05, 0.1) is 31.0 Å². The van der Waals surface area contributed by atoms with E-state index in [9.17, 15) is 0 Å². The van der Waals surface area contributed by atoms with Crippen LogP contribution in [0.4, 0.5) is 0 Å². The summed E-state index contributed by atoms with van der Waals surface area (Å²) in [6.45, 7) is 4.59. The molecular formula is C13H18N4O3. The molecule has 1 aliphatic rings. The highest BCUT2D eigenvalue weighted by Gasteiger charge is 2.25. The van der Waals surface area contributed by atoms with Crippen molar-refractivity contribution < 1.29 is 14.4 Å². The van der Waals surface area contributed by atoms with Gasteiger partial charge in [0.25, 0.3) is 0 Å². The lowest BCUT2D eigenvalue weighted by atomic mass is 10.1. The van der Waals surface area contributed by atoms with E-state index in [0.29, 0.717) is 18.9 Å². The molecule has 2 aromatic heterocycles. The summed E-state index contributed by atoms with van der Waals surface area (Å²) in [5.74, 6) is 0.677. The van der Waals surface area contributed by atoms with E-state index in [-0.39, 0.29) is 12.7 Å². The van der Waals surface area contributed by atoms with E-state index in [1.165, 1.54) is 0 Å². The van der Waals surface area contributed by atoms with Crippen molar-refractivity contribution in [3.63, 3.8) is 0 Å². The first-order valence-corrected chi connectivity index (χ1v) is 6.72. The summed E-state index contributed by atoms with van der Waals surface area (Å²) in [7, 11) is 0. The van der Waals surface area contributed by atoms with E-state index in [2.05, 4.69) is 15.6 Å². The smallest absolute Gasteiger partial charge is 0.170 e. The van der Waals surface area contributed by atoms with Crippen molar-refractivity contribution in [3.8, 4) is 11.3 Å². The molecule has 1 saturated heterocycles. The second-order valence-electron chi connectivity index (χ2n) is 4.81. The largest absolute Gasteiger partial charge is 0.394 e. The lowest BCUT2D eigenvalue weighted by molar-refractivity contribution is 0.0248. The predicted octanol–water partition coefficient (Wildman–Crippen LogP) is 0.500. The van der Waals surface area contributed by atoms with Gasteiger partial charge in [-0.05, 0) is 6.92 Å². The summed E-state index contributed by atoms with van der Waals surface area (Å²) in [5.41, 5.74) is 2.51. The second-order valence-corrected chi connectivity index (χ2v) is 4.81. The number of rotatable bonds is 4. The molecule has 0 aliphatic carbocycles. The van der Waals surface area contributed by atoms with Gasteiger partial charge in [-0.15, -0.1) is 0 Å². The number of ether oxygens (including phenoxy) is 1. The molecule has 1 atom stereocenters. The van der Waals surface area contributed by atoms with Crippen LogP contribution < -0.4 is 5.32 Å². The third kappa shape index (κ3) is 2.60. The SMILES string of the molecule is Cc1cc(-c2cn(CCO)nc2C2CNCCO2)on1. The number of hydrogen-bond donors (Lipinski definition) is 2. The van der Waals surface area contributed by atoms with Crippen molar-refractivity contribution in [3.05, 3.63) is 23.7 Å². The molecule has 0 aromatic carbocycles. The van der Waals surface area contributed by atoms with Gasteiger partial charge in [0, 0.05) is 25.4 Å². The van der Waals surface area contributed by atoms with Gasteiger partial charge in [0.1, 0.15) is 11.8 Å². The molecule has 0 spiro atoms. The molecule has 20 heavy (non-hydrogen) atoms. The Hall–Kier alpha value is -1.70. The molecule has 1 unspecified atom stereocenters.